The first-order valence-corrected chi connectivity index (χ1v) is 5.43. The Kier molecular flexibility index (Phi) is 3.30. The van der Waals surface area contributed by atoms with Crippen molar-refractivity contribution >= 4 is 0 Å². The van der Waals surface area contributed by atoms with Crippen LogP contribution in [0.3, 0.4) is 0 Å². The lowest BCUT2D eigenvalue weighted by atomic mass is 9.98. The Morgan fingerprint density at radius 1 is 0.579 bits per heavy atom. The fourth-order valence-electron chi connectivity index (χ4n) is 1.70. The molecule has 0 bridgehead atoms. The van der Waals surface area contributed by atoms with Gasteiger partial charge in [0.1, 0.15) is 0 Å². The molecule has 0 saturated carbocycles. The van der Waals surface area contributed by atoms with Crippen LogP contribution < -0.4 is 0 Å². The maximum atomic E-state index is 14.1. The molecule has 2 rings (SSSR count). The zero-order valence-corrected chi connectivity index (χ0v) is 9.59. The molecule has 0 atom stereocenters. The van der Waals surface area contributed by atoms with Gasteiger partial charge in [-0.25, -0.2) is 0 Å². The van der Waals surface area contributed by atoms with E-state index in [1.165, 1.54) is 24.3 Å². The predicted octanol–water partition coefficient (Wildman–Crippen LogP) is 4.85. The van der Waals surface area contributed by atoms with Gasteiger partial charge in [0.05, 0.1) is 5.56 Å². The third-order valence-electron chi connectivity index (χ3n) is 2.69. The van der Waals surface area contributed by atoms with Crippen molar-refractivity contribution < 1.29 is 22.0 Å². The second-order valence-corrected chi connectivity index (χ2v) is 4.02. The highest BCUT2D eigenvalue weighted by atomic mass is 19.4. The highest BCUT2D eigenvalue weighted by molar-refractivity contribution is 5.36. The number of hydrogen-bond donors (Lipinski definition) is 0. The van der Waals surface area contributed by atoms with Crippen molar-refractivity contribution in [2.45, 2.75) is 12.1 Å². The predicted molar refractivity (Wildman–Crippen MR) is 60.9 cm³/mol. The summed E-state index contributed by atoms with van der Waals surface area (Å²) in [5.74, 6) is -3.46. The Bertz CT molecular complexity index is 558. The summed E-state index contributed by atoms with van der Waals surface area (Å²) < 4.78 is 65.7. The average Bonchev–Trinajstić information content (AvgIpc) is 2.39. The molecule has 0 aromatic heterocycles. The Balaban J connectivity index is 2.47. The minimum Gasteiger partial charge on any atom is -0.196 e. The van der Waals surface area contributed by atoms with Crippen LogP contribution in [0.2, 0.25) is 0 Å². The van der Waals surface area contributed by atoms with E-state index in [0.717, 1.165) is 18.2 Å². The van der Waals surface area contributed by atoms with Gasteiger partial charge in [0.25, 0.3) is 5.92 Å². The first-order valence-electron chi connectivity index (χ1n) is 5.43. The lowest BCUT2D eigenvalue weighted by molar-refractivity contribution is -0.137. The van der Waals surface area contributed by atoms with Gasteiger partial charge in [0.2, 0.25) is 0 Å². The molecule has 0 saturated heterocycles. The summed E-state index contributed by atoms with van der Waals surface area (Å²) in [6, 6.07) is 9.97. The highest BCUT2D eigenvalue weighted by Crippen LogP contribution is 2.38. The van der Waals surface area contributed by atoms with E-state index in [4.69, 9.17) is 0 Å². The van der Waals surface area contributed by atoms with Gasteiger partial charge >= 0.3 is 6.18 Å². The third-order valence-corrected chi connectivity index (χ3v) is 2.69. The molecule has 0 fully saturated rings. The summed E-state index contributed by atoms with van der Waals surface area (Å²) in [5.41, 5.74) is -2.09. The third kappa shape index (κ3) is 2.75. The van der Waals surface area contributed by atoms with Crippen LogP contribution in [-0.2, 0) is 12.1 Å². The monoisotopic (exact) mass is 272 g/mol. The van der Waals surface area contributed by atoms with Gasteiger partial charge in [-0.3, -0.25) is 0 Å². The van der Waals surface area contributed by atoms with Crippen LogP contribution in [0.4, 0.5) is 22.0 Å². The minimum absolute atomic E-state index is 0.339. The summed E-state index contributed by atoms with van der Waals surface area (Å²) in [7, 11) is 0. The standard InChI is InChI=1S/C14H9F5/c15-13(16,10-5-2-1-3-6-10)11-7-4-8-12(9-11)14(17,18)19/h1-9H. The van der Waals surface area contributed by atoms with Crippen LogP contribution in [0.1, 0.15) is 16.7 Å². The summed E-state index contributed by atoms with van der Waals surface area (Å²) >= 11 is 0. The van der Waals surface area contributed by atoms with Gasteiger partial charge in [0.15, 0.2) is 0 Å². The van der Waals surface area contributed by atoms with Crippen molar-refractivity contribution in [3.8, 4) is 0 Å². The van der Waals surface area contributed by atoms with E-state index >= 15 is 0 Å². The van der Waals surface area contributed by atoms with Crippen molar-refractivity contribution in [2.75, 3.05) is 0 Å². The van der Waals surface area contributed by atoms with Crippen LogP contribution in [0.25, 0.3) is 0 Å². The van der Waals surface area contributed by atoms with Crippen LogP contribution in [0, 0.1) is 0 Å². The Morgan fingerprint density at radius 3 is 1.68 bits per heavy atom. The van der Waals surface area contributed by atoms with E-state index in [0.29, 0.717) is 6.07 Å². The Hall–Kier alpha value is -1.91. The molecular weight excluding hydrogens is 263 g/mol. The normalized spacial score (nSPS) is 12.5. The molecule has 19 heavy (non-hydrogen) atoms. The van der Waals surface area contributed by atoms with Gasteiger partial charge in [-0.05, 0) is 12.1 Å². The number of rotatable bonds is 2. The zero-order valence-electron chi connectivity index (χ0n) is 9.59. The molecule has 0 spiro atoms. The number of benzene rings is 2. The number of alkyl halides is 5. The van der Waals surface area contributed by atoms with Gasteiger partial charge in [0, 0.05) is 11.1 Å². The lowest BCUT2D eigenvalue weighted by Gasteiger charge is -2.18. The van der Waals surface area contributed by atoms with Gasteiger partial charge in [-0.1, -0.05) is 42.5 Å². The van der Waals surface area contributed by atoms with E-state index in [9.17, 15) is 22.0 Å². The zero-order chi connectivity index (χ0) is 14.1. The molecule has 0 aliphatic heterocycles. The molecule has 0 nitrogen and oxygen atoms in total. The minimum atomic E-state index is -4.64. The maximum absolute atomic E-state index is 14.1. The van der Waals surface area contributed by atoms with Crippen LogP contribution >= 0.6 is 0 Å². The second kappa shape index (κ2) is 4.64. The molecule has 5 heteroatoms. The van der Waals surface area contributed by atoms with Gasteiger partial charge in [-0.15, -0.1) is 0 Å². The molecule has 0 amide bonds. The van der Waals surface area contributed by atoms with E-state index in [1.54, 1.807) is 6.07 Å². The maximum Gasteiger partial charge on any atom is 0.416 e. The molecule has 0 heterocycles. The fourth-order valence-corrected chi connectivity index (χ4v) is 1.70. The topological polar surface area (TPSA) is 0 Å². The average molecular weight is 272 g/mol. The van der Waals surface area contributed by atoms with Gasteiger partial charge < -0.3 is 0 Å². The first-order chi connectivity index (χ1) is 8.82. The van der Waals surface area contributed by atoms with E-state index in [2.05, 4.69) is 0 Å². The molecule has 2 aromatic rings. The van der Waals surface area contributed by atoms with Crippen molar-refractivity contribution in [2.24, 2.45) is 0 Å². The van der Waals surface area contributed by atoms with E-state index in [1.807, 2.05) is 0 Å². The van der Waals surface area contributed by atoms with E-state index < -0.39 is 23.2 Å². The molecule has 0 aliphatic rings. The van der Waals surface area contributed by atoms with Crippen molar-refractivity contribution in [3.63, 3.8) is 0 Å². The molecule has 0 unspecified atom stereocenters. The summed E-state index contributed by atoms with van der Waals surface area (Å²) in [5, 5.41) is 0. The molecule has 100 valence electrons. The largest absolute Gasteiger partial charge is 0.416 e. The Morgan fingerprint density at radius 2 is 1.11 bits per heavy atom. The quantitative estimate of drug-likeness (QED) is 0.686. The van der Waals surface area contributed by atoms with E-state index in [-0.39, 0.29) is 5.56 Å². The molecule has 0 aliphatic carbocycles. The number of halogens is 5. The highest BCUT2D eigenvalue weighted by Gasteiger charge is 2.37. The second-order valence-electron chi connectivity index (χ2n) is 4.02. The summed E-state index contributed by atoms with van der Waals surface area (Å²) in [6.45, 7) is 0. The van der Waals surface area contributed by atoms with Crippen LogP contribution in [-0.4, -0.2) is 0 Å². The summed E-state index contributed by atoms with van der Waals surface area (Å²) in [6.07, 6.45) is -4.64. The fraction of sp³-hybridized carbons (Fsp3) is 0.143. The van der Waals surface area contributed by atoms with Crippen molar-refractivity contribution in [1.29, 1.82) is 0 Å². The summed E-state index contributed by atoms with van der Waals surface area (Å²) in [4.78, 5) is 0. The van der Waals surface area contributed by atoms with Crippen molar-refractivity contribution in [3.05, 3.63) is 71.3 Å². The molecule has 2 aromatic carbocycles. The Labute approximate surface area is 106 Å². The van der Waals surface area contributed by atoms with Crippen molar-refractivity contribution in [1.82, 2.24) is 0 Å². The smallest absolute Gasteiger partial charge is 0.196 e. The first kappa shape index (κ1) is 13.5. The molecule has 0 N–H and O–H groups in total. The molecular formula is C14H9F5. The molecule has 0 radical (unpaired) electrons. The lowest BCUT2D eigenvalue weighted by Crippen LogP contribution is -2.16. The number of hydrogen-bond acceptors (Lipinski definition) is 0. The van der Waals surface area contributed by atoms with Crippen LogP contribution in [0.15, 0.2) is 54.6 Å². The van der Waals surface area contributed by atoms with Crippen LogP contribution in [0.5, 0.6) is 0 Å². The van der Waals surface area contributed by atoms with Gasteiger partial charge in [-0.2, -0.15) is 22.0 Å². The SMILES string of the molecule is FC(F)(F)c1cccc(C(F)(F)c2ccccc2)c1.